The molecule has 0 saturated heterocycles. The molecule has 96 valence electrons. The van der Waals surface area contributed by atoms with Crippen molar-refractivity contribution in [3.8, 4) is 0 Å². The maximum atomic E-state index is 13.2. The first-order chi connectivity index (χ1) is 8.06. The van der Waals surface area contributed by atoms with Crippen LogP contribution in [-0.2, 0) is 0 Å². The van der Waals surface area contributed by atoms with Crippen LogP contribution in [0.3, 0.4) is 0 Å². The van der Waals surface area contributed by atoms with Crippen molar-refractivity contribution in [2.75, 3.05) is 5.32 Å². The van der Waals surface area contributed by atoms with Crippen LogP contribution in [0.4, 0.5) is 10.1 Å². The van der Waals surface area contributed by atoms with Crippen LogP contribution in [0.25, 0.3) is 0 Å². The summed E-state index contributed by atoms with van der Waals surface area (Å²) < 4.78 is 13.2. The molecule has 2 heteroatoms. The Morgan fingerprint density at radius 2 is 1.94 bits per heavy atom. The van der Waals surface area contributed by atoms with Gasteiger partial charge < -0.3 is 5.32 Å². The largest absolute Gasteiger partial charge is 0.382 e. The molecule has 0 heterocycles. The summed E-state index contributed by atoms with van der Waals surface area (Å²) in [5.41, 5.74) is 2.04. The van der Waals surface area contributed by atoms with Gasteiger partial charge in [-0.2, -0.15) is 0 Å². The van der Waals surface area contributed by atoms with E-state index < -0.39 is 0 Å². The minimum Gasteiger partial charge on any atom is -0.382 e. The van der Waals surface area contributed by atoms with Crippen molar-refractivity contribution < 1.29 is 4.39 Å². The second-order valence-electron chi connectivity index (χ2n) is 4.96. The summed E-state index contributed by atoms with van der Waals surface area (Å²) in [6.07, 6.45) is 3.41. The Morgan fingerprint density at radius 3 is 2.53 bits per heavy atom. The third-order valence-corrected chi connectivity index (χ3v) is 3.44. The lowest BCUT2D eigenvalue weighted by atomic mass is 9.97. The van der Waals surface area contributed by atoms with E-state index in [1.54, 1.807) is 6.07 Å². The summed E-state index contributed by atoms with van der Waals surface area (Å²) in [6, 6.07) is 5.36. The van der Waals surface area contributed by atoms with E-state index in [2.05, 4.69) is 26.1 Å². The van der Waals surface area contributed by atoms with Crippen molar-refractivity contribution in [1.29, 1.82) is 0 Å². The highest BCUT2D eigenvalue weighted by atomic mass is 19.1. The molecule has 0 fully saturated rings. The lowest BCUT2D eigenvalue weighted by Gasteiger charge is -2.22. The standard InChI is InChI=1S/C15H24FN/c1-5-11(3)9-14(6-2)17-15-10-13(16)8-7-12(15)4/h7-8,10-11,14,17H,5-6,9H2,1-4H3. The maximum Gasteiger partial charge on any atom is 0.125 e. The van der Waals surface area contributed by atoms with Gasteiger partial charge in [0.1, 0.15) is 5.82 Å². The molecule has 1 aromatic carbocycles. The minimum absolute atomic E-state index is 0.170. The summed E-state index contributed by atoms with van der Waals surface area (Å²) in [7, 11) is 0. The average molecular weight is 237 g/mol. The lowest BCUT2D eigenvalue weighted by molar-refractivity contribution is 0.461. The zero-order chi connectivity index (χ0) is 12.8. The predicted molar refractivity (Wildman–Crippen MR) is 72.9 cm³/mol. The molecule has 0 aliphatic carbocycles. The van der Waals surface area contributed by atoms with E-state index in [0.29, 0.717) is 12.0 Å². The summed E-state index contributed by atoms with van der Waals surface area (Å²) in [5.74, 6) is 0.540. The maximum absolute atomic E-state index is 13.2. The number of rotatable bonds is 6. The van der Waals surface area contributed by atoms with Crippen molar-refractivity contribution in [3.63, 3.8) is 0 Å². The van der Waals surface area contributed by atoms with Crippen molar-refractivity contribution in [3.05, 3.63) is 29.6 Å². The Bertz CT molecular complexity index is 349. The molecule has 0 spiro atoms. The highest BCUT2D eigenvalue weighted by Gasteiger charge is 2.11. The van der Waals surface area contributed by atoms with Crippen LogP contribution in [0.5, 0.6) is 0 Å². The molecular weight excluding hydrogens is 213 g/mol. The topological polar surface area (TPSA) is 12.0 Å². The van der Waals surface area contributed by atoms with Gasteiger partial charge in [0, 0.05) is 11.7 Å². The third kappa shape index (κ3) is 4.37. The van der Waals surface area contributed by atoms with Crippen LogP contribution in [0.15, 0.2) is 18.2 Å². The normalized spacial score (nSPS) is 14.4. The van der Waals surface area contributed by atoms with Gasteiger partial charge in [-0.25, -0.2) is 4.39 Å². The number of hydrogen-bond acceptors (Lipinski definition) is 1. The van der Waals surface area contributed by atoms with Gasteiger partial charge in [0.2, 0.25) is 0 Å². The zero-order valence-corrected chi connectivity index (χ0v) is 11.4. The fraction of sp³-hybridized carbons (Fsp3) is 0.600. The molecular formula is C15H24FN. The van der Waals surface area contributed by atoms with Crippen molar-refractivity contribution in [1.82, 2.24) is 0 Å². The smallest absolute Gasteiger partial charge is 0.125 e. The molecule has 0 bridgehead atoms. The highest BCUT2D eigenvalue weighted by molar-refractivity contribution is 5.51. The zero-order valence-electron chi connectivity index (χ0n) is 11.4. The fourth-order valence-corrected chi connectivity index (χ4v) is 1.95. The molecule has 0 aliphatic heterocycles. The van der Waals surface area contributed by atoms with Gasteiger partial charge in [-0.1, -0.05) is 33.3 Å². The lowest BCUT2D eigenvalue weighted by Crippen LogP contribution is -2.21. The number of nitrogens with one attached hydrogen (secondary N) is 1. The Labute approximate surface area is 104 Å². The highest BCUT2D eigenvalue weighted by Crippen LogP contribution is 2.21. The molecule has 1 rings (SSSR count). The molecule has 1 N–H and O–H groups in total. The van der Waals surface area contributed by atoms with Crippen molar-refractivity contribution >= 4 is 5.69 Å². The Hall–Kier alpha value is -1.05. The average Bonchev–Trinajstić information content (AvgIpc) is 2.32. The first kappa shape index (κ1) is 14.0. The first-order valence-corrected chi connectivity index (χ1v) is 6.59. The summed E-state index contributed by atoms with van der Waals surface area (Å²) >= 11 is 0. The molecule has 0 amide bonds. The van der Waals surface area contributed by atoms with Crippen LogP contribution in [0, 0.1) is 18.7 Å². The van der Waals surface area contributed by atoms with E-state index in [9.17, 15) is 4.39 Å². The molecule has 0 saturated carbocycles. The molecule has 2 atom stereocenters. The van der Waals surface area contributed by atoms with Gasteiger partial charge in [0.25, 0.3) is 0 Å². The van der Waals surface area contributed by atoms with Gasteiger partial charge in [0.15, 0.2) is 0 Å². The summed E-state index contributed by atoms with van der Waals surface area (Å²) in [6.45, 7) is 8.67. The predicted octanol–water partition coefficient (Wildman–Crippen LogP) is 4.76. The quantitative estimate of drug-likeness (QED) is 0.752. The van der Waals surface area contributed by atoms with Crippen molar-refractivity contribution in [2.24, 2.45) is 5.92 Å². The minimum atomic E-state index is -0.170. The molecule has 0 aliphatic rings. The number of hydrogen-bond donors (Lipinski definition) is 1. The number of anilines is 1. The van der Waals surface area contributed by atoms with Crippen LogP contribution in [0.2, 0.25) is 0 Å². The monoisotopic (exact) mass is 237 g/mol. The number of benzene rings is 1. The molecule has 1 nitrogen and oxygen atoms in total. The van der Waals surface area contributed by atoms with Crippen LogP contribution in [0.1, 0.15) is 45.6 Å². The van der Waals surface area contributed by atoms with Gasteiger partial charge in [-0.3, -0.25) is 0 Å². The van der Waals surface area contributed by atoms with E-state index in [4.69, 9.17) is 0 Å². The Morgan fingerprint density at radius 1 is 1.24 bits per heavy atom. The Balaban J connectivity index is 2.69. The molecule has 0 radical (unpaired) electrons. The van der Waals surface area contributed by atoms with E-state index in [1.807, 2.05) is 13.0 Å². The number of halogens is 1. The summed E-state index contributed by atoms with van der Waals surface area (Å²) in [5, 5.41) is 3.46. The van der Waals surface area contributed by atoms with Crippen LogP contribution < -0.4 is 5.32 Å². The van der Waals surface area contributed by atoms with Crippen LogP contribution >= 0.6 is 0 Å². The van der Waals surface area contributed by atoms with Gasteiger partial charge in [-0.15, -0.1) is 0 Å². The van der Waals surface area contributed by atoms with Crippen LogP contribution in [-0.4, -0.2) is 6.04 Å². The van der Waals surface area contributed by atoms with Crippen molar-refractivity contribution in [2.45, 2.75) is 53.0 Å². The fourth-order valence-electron chi connectivity index (χ4n) is 1.95. The first-order valence-electron chi connectivity index (χ1n) is 6.59. The van der Waals surface area contributed by atoms with Gasteiger partial charge >= 0.3 is 0 Å². The molecule has 1 aromatic rings. The second-order valence-corrected chi connectivity index (χ2v) is 4.96. The Kier molecular flexibility index (Phi) is 5.46. The van der Waals surface area contributed by atoms with E-state index in [0.717, 1.165) is 24.1 Å². The second kappa shape index (κ2) is 6.63. The molecule has 17 heavy (non-hydrogen) atoms. The molecule has 0 aromatic heterocycles. The van der Waals surface area contributed by atoms with Gasteiger partial charge in [0.05, 0.1) is 0 Å². The van der Waals surface area contributed by atoms with E-state index in [-0.39, 0.29) is 5.82 Å². The third-order valence-electron chi connectivity index (χ3n) is 3.44. The number of aryl methyl sites for hydroxylation is 1. The SMILES string of the molecule is CCC(C)CC(CC)Nc1cc(F)ccc1C. The summed E-state index contributed by atoms with van der Waals surface area (Å²) in [4.78, 5) is 0. The van der Waals surface area contributed by atoms with Gasteiger partial charge in [-0.05, 0) is 43.4 Å². The van der Waals surface area contributed by atoms with E-state index in [1.165, 1.54) is 12.5 Å². The molecule has 2 unspecified atom stereocenters. The van der Waals surface area contributed by atoms with E-state index >= 15 is 0 Å².